The number of likely N-dealkylation sites (N-methyl/N-ethyl adjacent to an activating group) is 1. The molecule has 1 aliphatic carbocycles. The van der Waals surface area contributed by atoms with Crippen molar-refractivity contribution in [1.29, 1.82) is 0 Å². The quantitative estimate of drug-likeness (QED) is 0.486. The molecule has 4 rings (SSSR count). The highest BCUT2D eigenvalue weighted by molar-refractivity contribution is 7.18. The van der Waals surface area contributed by atoms with Crippen molar-refractivity contribution in [2.24, 2.45) is 5.92 Å². The first kappa shape index (κ1) is 21.4. The molecule has 2 aromatic carbocycles. The molecule has 5 nitrogen and oxygen atoms in total. The van der Waals surface area contributed by atoms with E-state index in [0.29, 0.717) is 18.0 Å². The minimum Gasteiger partial charge on any atom is -0.493 e. The molecule has 0 fully saturated rings. The number of nitrogens with zero attached hydrogens (tertiary/aromatic N) is 2. The standard InChI is InChI=1S/C25H28N2O3S/c1-27(15-14-17-12-13-21(29-2)22(16-17)30-3)25(28)19-9-5-4-8-18(19)24-26-20-10-6-7-11-23(20)31-24/h4-7,10-13,16,18-19H,8-9,14-15H2,1-3H3/t18-,19+/m1/s1. The molecular weight excluding hydrogens is 408 g/mol. The number of benzene rings is 2. The maximum absolute atomic E-state index is 13.4. The largest absolute Gasteiger partial charge is 0.493 e. The molecule has 1 aromatic heterocycles. The second kappa shape index (κ2) is 9.52. The van der Waals surface area contributed by atoms with E-state index < -0.39 is 0 Å². The maximum Gasteiger partial charge on any atom is 0.226 e. The summed E-state index contributed by atoms with van der Waals surface area (Å²) in [5, 5.41) is 1.07. The first-order valence-corrected chi connectivity index (χ1v) is 11.4. The Morgan fingerprint density at radius 3 is 2.65 bits per heavy atom. The first-order valence-electron chi connectivity index (χ1n) is 10.6. The van der Waals surface area contributed by atoms with Crippen LogP contribution in [0.3, 0.4) is 0 Å². The van der Waals surface area contributed by atoms with Crippen LogP contribution in [0.15, 0.2) is 54.6 Å². The highest BCUT2D eigenvalue weighted by Crippen LogP contribution is 2.39. The van der Waals surface area contributed by atoms with Gasteiger partial charge >= 0.3 is 0 Å². The third kappa shape index (κ3) is 4.59. The molecule has 31 heavy (non-hydrogen) atoms. The highest BCUT2D eigenvalue weighted by atomic mass is 32.1. The van der Waals surface area contributed by atoms with Gasteiger partial charge < -0.3 is 14.4 Å². The van der Waals surface area contributed by atoms with E-state index in [1.807, 2.05) is 48.3 Å². The van der Waals surface area contributed by atoms with Crippen LogP contribution in [0.5, 0.6) is 11.5 Å². The SMILES string of the molecule is COc1ccc(CCN(C)C(=O)[C@H]2CC=CC[C@H]2c2nc3ccccc3s2)cc1OC. The summed E-state index contributed by atoms with van der Waals surface area (Å²) in [7, 11) is 5.16. The maximum atomic E-state index is 13.4. The molecule has 0 saturated carbocycles. The average Bonchev–Trinajstić information content (AvgIpc) is 3.26. The molecule has 0 aliphatic heterocycles. The predicted octanol–water partition coefficient (Wildman–Crippen LogP) is 5.06. The van der Waals surface area contributed by atoms with Crippen molar-refractivity contribution in [2.45, 2.75) is 25.2 Å². The predicted molar refractivity (Wildman–Crippen MR) is 125 cm³/mol. The number of fused-ring (bicyclic) bond motifs is 1. The van der Waals surface area contributed by atoms with E-state index in [2.05, 4.69) is 18.2 Å². The van der Waals surface area contributed by atoms with Gasteiger partial charge in [0.05, 0.1) is 35.4 Å². The second-order valence-electron chi connectivity index (χ2n) is 7.87. The monoisotopic (exact) mass is 436 g/mol. The minimum atomic E-state index is -0.0686. The van der Waals surface area contributed by atoms with E-state index in [0.717, 1.165) is 35.4 Å². The Morgan fingerprint density at radius 1 is 1.10 bits per heavy atom. The topological polar surface area (TPSA) is 51.7 Å². The van der Waals surface area contributed by atoms with Crippen molar-refractivity contribution in [3.8, 4) is 11.5 Å². The number of rotatable bonds is 7. The van der Waals surface area contributed by atoms with Gasteiger partial charge in [-0.2, -0.15) is 0 Å². The van der Waals surface area contributed by atoms with E-state index in [1.54, 1.807) is 25.6 Å². The third-order valence-corrected chi connectivity index (χ3v) is 7.11. The van der Waals surface area contributed by atoms with Gasteiger partial charge in [0, 0.05) is 19.5 Å². The summed E-state index contributed by atoms with van der Waals surface area (Å²) in [6.45, 7) is 0.654. The van der Waals surface area contributed by atoms with Gasteiger partial charge in [0.2, 0.25) is 5.91 Å². The molecule has 0 N–H and O–H groups in total. The first-order chi connectivity index (χ1) is 15.1. The Bertz CT molecular complexity index is 1060. The number of amides is 1. The summed E-state index contributed by atoms with van der Waals surface area (Å²) >= 11 is 1.71. The van der Waals surface area contributed by atoms with Crippen molar-refractivity contribution < 1.29 is 14.3 Å². The molecule has 1 amide bonds. The van der Waals surface area contributed by atoms with Gasteiger partial charge in [0.1, 0.15) is 0 Å². The summed E-state index contributed by atoms with van der Waals surface area (Å²) < 4.78 is 11.9. The summed E-state index contributed by atoms with van der Waals surface area (Å²) in [5.74, 6) is 1.68. The van der Waals surface area contributed by atoms with Crippen molar-refractivity contribution >= 4 is 27.5 Å². The molecule has 1 heterocycles. The van der Waals surface area contributed by atoms with Crippen LogP contribution in [-0.4, -0.2) is 43.6 Å². The molecular formula is C25H28N2O3S. The normalized spacial score (nSPS) is 18.2. The van der Waals surface area contributed by atoms with E-state index >= 15 is 0 Å². The zero-order chi connectivity index (χ0) is 21.8. The zero-order valence-electron chi connectivity index (χ0n) is 18.2. The number of hydrogen-bond donors (Lipinski definition) is 0. The summed E-state index contributed by atoms with van der Waals surface area (Å²) in [6, 6.07) is 14.1. The van der Waals surface area contributed by atoms with E-state index in [1.165, 1.54) is 4.70 Å². The number of allylic oxidation sites excluding steroid dienone is 2. The Morgan fingerprint density at radius 2 is 1.87 bits per heavy atom. The number of ether oxygens (including phenoxy) is 2. The summed E-state index contributed by atoms with van der Waals surface area (Å²) in [5.41, 5.74) is 2.13. The second-order valence-corrected chi connectivity index (χ2v) is 8.94. The van der Waals surface area contributed by atoms with Crippen molar-refractivity contribution in [3.63, 3.8) is 0 Å². The number of carbonyl (C=O) groups excluding carboxylic acids is 1. The number of hydrogen-bond acceptors (Lipinski definition) is 5. The van der Waals surface area contributed by atoms with Crippen LogP contribution in [0.1, 0.15) is 29.3 Å². The van der Waals surface area contributed by atoms with Crippen molar-refractivity contribution in [1.82, 2.24) is 9.88 Å². The van der Waals surface area contributed by atoms with Crippen LogP contribution in [0, 0.1) is 5.92 Å². The van der Waals surface area contributed by atoms with Gasteiger partial charge in [-0.05, 0) is 49.1 Å². The van der Waals surface area contributed by atoms with Gasteiger partial charge in [-0.3, -0.25) is 4.79 Å². The smallest absolute Gasteiger partial charge is 0.226 e. The van der Waals surface area contributed by atoms with E-state index in [-0.39, 0.29) is 17.7 Å². The van der Waals surface area contributed by atoms with Gasteiger partial charge in [-0.15, -0.1) is 11.3 Å². The number of thiazole rings is 1. The Kier molecular flexibility index (Phi) is 6.56. The van der Waals surface area contributed by atoms with Crippen LogP contribution in [0.2, 0.25) is 0 Å². The lowest BCUT2D eigenvalue weighted by Crippen LogP contribution is -2.37. The molecule has 0 unspecified atom stereocenters. The molecule has 0 radical (unpaired) electrons. The third-order valence-electron chi connectivity index (χ3n) is 5.94. The van der Waals surface area contributed by atoms with Crippen LogP contribution >= 0.6 is 11.3 Å². The summed E-state index contributed by atoms with van der Waals surface area (Å²) in [6.07, 6.45) is 6.70. The molecule has 6 heteroatoms. The molecule has 2 atom stereocenters. The lowest BCUT2D eigenvalue weighted by molar-refractivity contribution is -0.135. The van der Waals surface area contributed by atoms with Crippen LogP contribution in [-0.2, 0) is 11.2 Å². The average molecular weight is 437 g/mol. The van der Waals surface area contributed by atoms with Crippen molar-refractivity contribution in [2.75, 3.05) is 27.8 Å². The molecule has 3 aromatic rings. The van der Waals surface area contributed by atoms with E-state index in [9.17, 15) is 4.79 Å². The Labute approximate surface area is 187 Å². The van der Waals surface area contributed by atoms with Crippen LogP contribution < -0.4 is 9.47 Å². The fourth-order valence-corrected chi connectivity index (χ4v) is 5.28. The Hall–Kier alpha value is -2.86. The molecule has 1 aliphatic rings. The fraction of sp³-hybridized carbons (Fsp3) is 0.360. The Balaban J connectivity index is 1.46. The summed E-state index contributed by atoms with van der Waals surface area (Å²) in [4.78, 5) is 20.1. The lowest BCUT2D eigenvalue weighted by atomic mass is 9.82. The van der Waals surface area contributed by atoms with Gasteiger partial charge in [0.25, 0.3) is 0 Å². The lowest BCUT2D eigenvalue weighted by Gasteiger charge is -2.30. The highest BCUT2D eigenvalue weighted by Gasteiger charge is 2.33. The molecule has 0 saturated heterocycles. The molecule has 162 valence electrons. The number of methoxy groups -OCH3 is 2. The van der Waals surface area contributed by atoms with E-state index in [4.69, 9.17) is 14.5 Å². The minimum absolute atomic E-state index is 0.0686. The number of aromatic nitrogens is 1. The van der Waals surface area contributed by atoms with Crippen LogP contribution in [0.25, 0.3) is 10.2 Å². The van der Waals surface area contributed by atoms with Crippen LogP contribution in [0.4, 0.5) is 0 Å². The van der Waals surface area contributed by atoms with Crippen molar-refractivity contribution in [3.05, 3.63) is 65.2 Å². The van der Waals surface area contributed by atoms with Gasteiger partial charge in [0.15, 0.2) is 11.5 Å². The van der Waals surface area contributed by atoms with Gasteiger partial charge in [-0.25, -0.2) is 4.98 Å². The number of carbonyl (C=O) groups is 1. The number of para-hydroxylation sites is 1. The van der Waals surface area contributed by atoms with Gasteiger partial charge in [-0.1, -0.05) is 30.4 Å². The molecule has 0 bridgehead atoms. The fourth-order valence-electron chi connectivity index (χ4n) is 4.13. The molecule has 0 spiro atoms. The zero-order valence-corrected chi connectivity index (χ0v) is 19.0.